The van der Waals surface area contributed by atoms with E-state index in [4.69, 9.17) is 23.2 Å². The van der Waals surface area contributed by atoms with Crippen molar-refractivity contribution < 1.29 is 9.18 Å². The van der Waals surface area contributed by atoms with Gasteiger partial charge in [-0.3, -0.25) is 4.79 Å². The van der Waals surface area contributed by atoms with Gasteiger partial charge < -0.3 is 0 Å². The Labute approximate surface area is 122 Å². The molecule has 92 valence electrons. The smallest absolute Gasteiger partial charge is 0.196 e. The molecule has 0 N–H and O–H groups in total. The van der Waals surface area contributed by atoms with E-state index in [1.54, 1.807) is 18.2 Å². The fraction of sp³-hybridized carbons (Fsp3) is 0. The number of carbonyl (C=O) groups is 1. The maximum Gasteiger partial charge on any atom is 0.196 e. The summed E-state index contributed by atoms with van der Waals surface area (Å²) in [5.41, 5.74) is 0.371. The summed E-state index contributed by atoms with van der Waals surface area (Å²) in [5.74, 6) is -0.931. The van der Waals surface area contributed by atoms with Gasteiger partial charge in [0.2, 0.25) is 0 Å². The quantitative estimate of drug-likeness (QED) is 0.688. The molecule has 0 heterocycles. The molecule has 0 aromatic heterocycles. The van der Waals surface area contributed by atoms with Crippen LogP contribution in [0.1, 0.15) is 15.9 Å². The highest BCUT2D eigenvalue weighted by Gasteiger charge is 2.17. The average Bonchev–Trinajstić information content (AvgIpc) is 2.34. The van der Waals surface area contributed by atoms with Crippen molar-refractivity contribution in [2.24, 2.45) is 0 Å². The van der Waals surface area contributed by atoms with Crippen molar-refractivity contribution in [2.45, 2.75) is 0 Å². The Kier molecular flexibility index (Phi) is 4.05. The van der Waals surface area contributed by atoms with E-state index >= 15 is 0 Å². The first kappa shape index (κ1) is 13.5. The summed E-state index contributed by atoms with van der Waals surface area (Å²) in [7, 11) is 0. The van der Waals surface area contributed by atoms with Gasteiger partial charge in [0.25, 0.3) is 0 Å². The maximum atomic E-state index is 13.1. The lowest BCUT2D eigenvalue weighted by molar-refractivity contribution is 0.103. The van der Waals surface area contributed by atoms with Crippen LogP contribution in [0.4, 0.5) is 4.39 Å². The topological polar surface area (TPSA) is 17.1 Å². The predicted molar refractivity (Wildman–Crippen MR) is 74.0 cm³/mol. The van der Waals surface area contributed by atoms with Crippen LogP contribution in [0.2, 0.25) is 10.0 Å². The minimum absolute atomic E-state index is 0.0941. The molecule has 0 saturated carbocycles. The second-order valence-corrected chi connectivity index (χ2v) is 5.31. The van der Waals surface area contributed by atoms with Crippen molar-refractivity contribution in [3.63, 3.8) is 0 Å². The van der Waals surface area contributed by atoms with Crippen LogP contribution in [0, 0.1) is 5.82 Å². The zero-order valence-corrected chi connectivity index (χ0v) is 12.0. The van der Waals surface area contributed by atoms with E-state index in [-0.39, 0.29) is 16.1 Å². The van der Waals surface area contributed by atoms with Gasteiger partial charge in [0, 0.05) is 15.6 Å². The third-order valence-electron chi connectivity index (χ3n) is 2.35. The Hall–Kier alpha value is -0.900. The van der Waals surface area contributed by atoms with Gasteiger partial charge in [0.1, 0.15) is 5.82 Å². The van der Waals surface area contributed by atoms with E-state index in [0.29, 0.717) is 9.50 Å². The van der Waals surface area contributed by atoms with Crippen molar-refractivity contribution in [1.82, 2.24) is 0 Å². The summed E-state index contributed by atoms with van der Waals surface area (Å²) in [6.45, 7) is 0. The first-order valence-electron chi connectivity index (χ1n) is 4.94. The molecule has 0 aliphatic rings. The van der Waals surface area contributed by atoms with Crippen LogP contribution in [0.3, 0.4) is 0 Å². The van der Waals surface area contributed by atoms with Crippen LogP contribution in [0.25, 0.3) is 0 Å². The molecule has 0 spiro atoms. The first-order valence-corrected chi connectivity index (χ1v) is 6.49. The number of hydrogen-bond donors (Lipinski definition) is 0. The van der Waals surface area contributed by atoms with Crippen molar-refractivity contribution in [3.8, 4) is 0 Å². The number of ketones is 1. The Morgan fingerprint density at radius 3 is 2.22 bits per heavy atom. The van der Waals surface area contributed by atoms with E-state index < -0.39 is 11.6 Å². The fourth-order valence-electron chi connectivity index (χ4n) is 1.49. The number of rotatable bonds is 2. The Morgan fingerprint density at radius 1 is 1.00 bits per heavy atom. The molecule has 0 amide bonds. The molecule has 0 unspecified atom stereocenters. The molecule has 0 bridgehead atoms. The summed E-state index contributed by atoms with van der Waals surface area (Å²) >= 11 is 15.1. The molecular formula is C13H6BrCl2FO. The van der Waals surface area contributed by atoms with Crippen molar-refractivity contribution in [1.29, 1.82) is 0 Å². The van der Waals surface area contributed by atoms with Gasteiger partial charge in [-0.15, -0.1) is 0 Å². The van der Waals surface area contributed by atoms with Gasteiger partial charge in [-0.25, -0.2) is 4.39 Å². The molecule has 2 aromatic carbocycles. The van der Waals surface area contributed by atoms with Gasteiger partial charge in [-0.05, 0) is 36.4 Å². The van der Waals surface area contributed by atoms with E-state index in [2.05, 4.69) is 15.9 Å². The van der Waals surface area contributed by atoms with E-state index in [1.807, 2.05) is 0 Å². The van der Waals surface area contributed by atoms with Gasteiger partial charge in [-0.2, -0.15) is 0 Å². The van der Waals surface area contributed by atoms with Crippen LogP contribution in [0.5, 0.6) is 0 Å². The predicted octanol–water partition coefficient (Wildman–Crippen LogP) is 5.13. The molecule has 0 aliphatic heterocycles. The fourth-order valence-corrected chi connectivity index (χ4v) is 2.26. The standard InChI is InChI=1S/C13H6BrCl2FO/c14-7-1-3-11(15)9(5-7)13(18)10-6-8(17)2-4-12(10)16/h1-6H. The average molecular weight is 348 g/mol. The molecule has 18 heavy (non-hydrogen) atoms. The Bertz CT molecular complexity index is 575. The highest BCUT2D eigenvalue weighted by atomic mass is 79.9. The third-order valence-corrected chi connectivity index (χ3v) is 3.50. The minimum atomic E-state index is -0.520. The van der Waals surface area contributed by atoms with Crippen LogP contribution in [-0.4, -0.2) is 5.78 Å². The summed E-state index contributed by atoms with van der Waals surface area (Å²) < 4.78 is 13.9. The SMILES string of the molecule is O=C(c1cc(F)ccc1Cl)c1cc(Br)ccc1Cl. The normalized spacial score (nSPS) is 10.4. The zero-order valence-electron chi connectivity index (χ0n) is 8.88. The summed E-state index contributed by atoms with van der Waals surface area (Å²) in [4.78, 5) is 12.2. The molecule has 0 radical (unpaired) electrons. The highest BCUT2D eigenvalue weighted by Crippen LogP contribution is 2.26. The number of benzene rings is 2. The van der Waals surface area contributed by atoms with Gasteiger partial charge >= 0.3 is 0 Å². The highest BCUT2D eigenvalue weighted by molar-refractivity contribution is 9.10. The minimum Gasteiger partial charge on any atom is -0.288 e. The lowest BCUT2D eigenvalue weighted by atomic mass is 10.0. The van der Waals surface area contributed by atoms with Crippen LogP contribution in [-0.2, 0) is 0 Å². The second-order valence-electron chi connectivity index (χ2n) is 3.58. The monoisotopic (exact) mass is 346 g/mol. The summed E-state index contributed by atoms with van der Waals surface area (Å²) in [6.07, 6.45) is 0. The molecule has 0 aliphatic carbocycles. The van der Waals surface area contributed by atoms with Crippen LogP contribution in [0.15, 0.2) is 40.9 Å². The summed E-state index contributed by atoms with van der Waals surface area (Å²) in [6, 6.07) is 8.52. The van der Waals surface area contributed by atoms with E-state index in [9.17, 15) is 9.18 Å². The van der Waals surface area contributed by atoms with Crippen LogP contribution < -0.4 is 0 Å². The first-order chi connectivity index (χ1) is 8.49. The zero-order chi connectivity index (χ0) is 13.3. The second kappa shape index (κ2) is 5.39. The van der Waals surface area contributed by atoms with Crippen molar-refractivity contribution in [2.75, 3.05) is 0 Å². The lowest BCUT2D eigenvalue weighted by Crippen LogP contribution is -2.03. The van der Waals surface area contributed by atoms with Crippen molar-refractivity contribution in [3.05, 3.63) is 67.9 Å². The largest absolute Gasteiger partial charge is 0.288 e. The summed E-state index contributed by atoms with van der Waals surface area (Å²) in [5, 5.41) is 0.487. The van der Waals surface area contributed by atoms with Gasteiger partial charge in [-0.1, -0.05) is 39.1 Å². The molecule has 1 nitrogen and oxygen atoms in total. The molecule has 5 heteroatoms. The van der Waals surface area contributed by atoms with Gasteiger partial charge in [0.15, 0.2) is 5.78 Å². The van der Waals surface area contributed by atoms with Crippen molar-refractivity contribution >= 4 is 44.9 Å². The molecule has 0 atom stereocenters. The Morgan fingerprint density at radius 2 is 1.56 bits per heavy atom. The lowest BCUT2D eigenvalue weighted by Gasteiger charge is -2.06. The maximum absolute atomic E-state index is 13.1. The third kappa shape index (κ3) is 2.74. The molecule has 0 fully saturated rings. The number of hydrogen-bond acceptors (Lipinski definition) is 1. The molecular weight excluding hydrogens is 342 g/mol. The molecule has 0 saturated heterocycles. The van der Waals surface area contributed by atoms with Crippen LogP contribution >= 0.6 is 39.1 Å². The van der Waals surface area contributed by atoms with E-state index in [0.717, 1.165) is 6.07 Å². The van der Waals surface area contributed by atoms with Gasteiger partial charge in [0.05, 0.1) is 10.0 Å². The number of carbonyl (C=O) groups excluding carboxylic acids is 1. The molecule has 2 aromatic rings. The number of halogens is 4. The Balaban J connectivity index is 2.54. The van der Waals surface area contributed by atoms with E-state index in [1.165, 1.54) is 12.1 Å². The molecule has 2 rings (SSSR count).